The molecule has 0 bridgehead atoms. The molecule has 1 aromatic heterocycles. The molecule has 0 atom stereocenters. The summed E-state index contributed by atoms with van der Waals surface area (Å²) in [5.74, 6) is 0.971. The van der Waals surface area contributed by atoms with Gasteiger partial charge in [-0.05, 0) is 37.8 Å². The molecule has 2 aliphatic rings. The second-order valence-corrected chi connectivity index (χ2v) is 7.19. The highest BCUT2D eigenvalue weighted by molar-refractivity contribution is 5.89. The van der Waals surface area contributed by atoms with Crippen molar-refractivity contribution in [3.63, 3.8) is 0 Å². The van der Waals surface area contributed by atoms with Crippen molar-refractivity contribution in [3.8, 4) is 5.69 Å². The van der Waals surface area contributed by atoms with Crippen molar-refractivity contribution < 1.29 is 9.59 Å². The molecule has 2 saturated heterocycles. The van der Waals surface area contributed by atoms with Gasteiger partial charge in [0.05, 0.1) is 11.9 Å². The summed E-state index contributed by atoms with van der Waals surface area (Å²) in [5, 5.41) is 7.25. The van der Waals surface area contributed by atoms with E-state index in [-0.39, 0.29) is 17.9 Å². The summed E-state index contributed by atoms with van der Waals surface area (Å²) in [6.07, 6.45) is 5.37. The number of likely N-dealkylation sites (tertiary alicyclic amines) is 2. The molecule has 7 heteroatoms. The summed E-state index contributed by atoms with van der Waals surface area (Å²) in [6.45, 7) is 3.00. The summed E-state index contributed by atoms with van der Waals surface area (Å²) in [5.41, 5.74) is 0.896. The Morgan fingerprint density at radius 1 is 0.926 bits per heavy atom. The number of urea groups is 1. The number of para-hydroxylation sites is 1. The Labute approximate surface area is 158 Å². The normalized spacial score (nSPS) is 17.9. The molecule has 0 saturated carbocycles. The number of nitrogens with one attached hydrogen (secondary N) is 1. The van der Waals surface area contributed by atoms with Crippen molar-refractivity contribution in [1.82, 2.24) is 19.6 Å². The molecule has 2 aliphatic heterocycles. The van der Waals surface area contributed by atoms with Crippen LogP contribution in [0.3, 0.4) is 0 Å². The monoisotopic (exact) mass is 367 g/mol. The van der Waals surface area contributed by atoms with Crippen molar-refractivity contribution in [1.29, 1.82) is 0 Å². The van der Waals surface area contributed by atoms with Crippen LogP contribution in [-0.4, -0.2) is 57.7 Å². The largest absolute Gasteiger partial charge is 0.342 e. The van der Waals surface area contributed by atoms with Crippen molar-refractivity contribution >= 4 is 17.8 Å². The number of piperidine rings is 1. The van der Waals surface area contributed by atoms with Crippen LogP contribution < -0.4 is 5.32 Å². The van der Waals surface area contributed by atoms with E-state index in [2.05, 4.69) is 10.4 Å². The summed E-state index contributed by atoms with van der Waals surface area (Å²) in [6, 6.07) is 11.3. The zero-order chi connectivity index (χ0) is 18.6. The van der Waals surface area contributed by atoms with Crippen LogP contribution in [0.4, 0.5) is 10.6 Å². The molecule has 0 radical (unpaired) electrons. The number of rotatable bonds is 3. The quantitative estimate of drug-likeness (QED) is 0.907. The molecular weight excluding hydrogens is 342 g/mol. The number of amides is 3. The molecule has 7 nitrogen and oxygen atoms in total. The molecular formula is C20H25N5O2. The number of hydrogen-bond donors (Lipinski definition) is 1. The lowest BCUT2D eigenvalue weighted by atomic mass is 9.95. The van der Waals surface area contributed by atoms with Gasteiger partial charge in [0.1, 0.15) is 5.82 Å². The van der Waals surface area contributed by atoms with Crippen LogP contribution in [0.1, 0.15) is 25.7 Å². The van der Waals surface area contributed by atoms with Crippen LogP contribution in [0.25, 0.3) is 5.69 Å². The molecule has 142 valence electrons. The predicted octanol–water partition coefficient (Wildman–Crippen LogP) is 2.74. The van der Waals surface area contributed by atoms with Gasteiger partial charge < -0.3 is 9.80 Å². The molecule has 1 aromatic carbocycles. The standard InChI is InChI=1S/C20H25N5O2/c26-19(23-12-4-5-13-23)16-9-14-24(15-10-16)20(27)22-18-8-11-21-25(18)17-6-2-1-3-7-17/h1-3,6-8,11,16H,4-5,9-10,12-15H2,(H,22,27). The van der Waals surface area contributed by atoms with Crippen LogP contribution in [-0.2, 0) is 4.79 Å². The smallest absolute Gasteiger partial charge is 0.323 e. The maximum Gasteiger partial charge on any atom is 0.323 e. The van der Waals surface area contributed by atoms with Gasteiger partial charge in [0.25, 0.3) is 0 Å². The minimum Gasteiger partial charge on any atom is -0.342 e. The second-order valence-electron chi connectivity index (χ2n) is 7.19. The van der Waals surface area contributed by atoms with Crippen molar-refractivity contribution in [2.75, 3.05) is 31.5 Å². The van der Waals surface area contributed by atoms with Gasteiger partial charge in [0.15, 0.2) is 0 Å². The summed E-state index contributed by atoms with van der Waals surface area (Å²) in [7, 11) is 0. The van der Waals surface area contributed by atoms with E-state index in [1.165, 1.54) is 0 Å². The van der Waals surface area contributed by atoms with E-state index in [1.807, 2.05) is 35.2 Å². The summed E-state index contributed by atoms with van der Waals surface area (Å²) in [4.78, 5) is 29.0. The number of carbonyl (C=O) groups is 2. The highest BCUT2D eigenvalue weighted by atomic mass is 16.2. The van der Waals surface area contributed by atoms with Crippen LogP contribution in [0, 0.1) is 5.92 Å². The topological polar surface area (TPSA) is 70.5 Å². The maximum atomic E-state index is 12.7. The number of anilines is 1. The van der Waals surface area contributed by atoms with Gasteiger partial charge in [-0.3, -0.25) is 10.1 Å². The fourth-order valence-corrected chi connectivity index (χ4v) is 3.89. The fourth-order valence-electron chi connectivity index (χ4n) is 3.89. The number of aromatic nitrogens is 2. The van der Waals surface area contributed by atoms with Crippen molar-refractivity contribution in [3.05, 3.63) is 42.6 Å². The van der Waals surface area contributed by atoms with Crippen LogP contribution in [0.15, 0.2) is 42.6 Å². The van der Waals surface area contributed by atoms with E-state index in [0.29, 0.717) is 18.9 Å². The third-order valence-electron chi connectivity index (χ3n) is 5.43. The van der Waals surface area contributed by atoms with Gasteiger partial charge in [-0.2, -0.15) is 5.10 Å². The van der Waals surface area contributed by atoms with Gasteiger partial charge >= 0.3 is 6.03 Å². The Hall–Kier alpha value is -2.83. The lowest BCUT2D eigenvalue weighted by Crippen LogP contribution is -2.45. The van der Waals surface area contributed by atoms with Crippen LogP contribution in [0.2, 0.25) is 0 Å². The van der Waals surface area contributed by atoms with E-state index < -0.39 is 0 Å². The Kier molecular flexibility index (Phi) is 5.09. The van der Waals surface area contributed by atoms with Gasteiger partial charge in [-0.1, -0.05) is 18.2 Å². The minimum absolute atomic E-state index is 0.0574. The average Bonchev–Trinajstić information content (AvgIpc) is 3.40. The molecule has 4 rings (SSSR count). The number of hydrogen-bond acceptors (Lipinski definition) is 3. The highest BCUT2D eigenvalue weighted by Crippen LogP contribution is 2.23. The first kappa shape index (κ1) is 17.6. The number of benzene rings is 1. The Morgan fingerprint density at radius 2 is 1.63 bits per heavy atom. The SMILES string of the molecule is O=C(Nc1ccnn1-c1ccccc1)N1CCC(C(=O)N2CCCC2)CC1. The van der Waals surface area contributed by atoms with Gasteiger partial charge in [-0.15, -0.1) is 0 Å². The zero-order valence-electron chi connectivity index (χ0n) is 15.4. The van der Waals surface area contributed by atoms with Crippen LogP contribution in [0.5, 0.6) is 0 Å². The molecule has 1 N–H and O–H groups in total. The molecule has 3 heterocycles. The first-order valence-corrected chi connectivity index (χ1v) is 9.66. The Bertz CT molecular complexity index is 790. The third-order valence-corrected chi connectivity index (χ3v) is 5.43. The minimum atomic E-state index is -0.139. The molecule has 3 amide bonds. The number of carbonyl (C=O) groups excluding carboxylic acids is 2. The van der Waals surface area contributed by atoms with Gasteiger partial charge in [0.2, 0.25) is 5.91 Å². The van der Waals surface area contributed by atoms with E-state index in [9.17, 15) is 9.59 Å². The van der Waals surface area contributed by atoms with E-state index in [0.717, 1.165) is 44.5 Å². The zero-order valence-corrected chi connectivity index (χ0v) is 15.4. The molecule has 27 heavy (non-hydrogen) atoms. The van der Waals surface area contributed by atoms with Crippen LogP contribution >= 0.6 is 0 Å². The second kappa shape index (κ2) is 7.82. The summed E-state index contributed by atoms with van der Waals surface area (Å²) >= 11 is 0. The lowest BCUT2D eigenvalue weighted by molar-refractivity contribution is -0.135. The number of nitrogens with zero attached hydrogens (tertiary/aromatic N) is 4. The first-order valence-electron chi connectivity index (χ1n) is 9.66. The van der Waals surface area contributed by atoms with E-state index >= 15 is 0 Å². The maximum absolute atomic E-state index is 12.7. The lowest BCUT2D eigenvalue weighted by Gasteiger charge is -2.33. The molecule has 0 unspecified atom stereocenters. The average molecular weight is 367 g/mol. The van der Waals surface area contributed by atoms with Gasteiger partial charge in [0, 0.05) is 38.2 Å². The molecule has 2 aromatic rings. The molecule has 0 aliphatic carbocycles. The third kappa shape index (κ3) is 3.82. The summed E-state index contributed by atoms with van der Waals surface area (Å²) < 4.78 is 1.71. The fraction of sp³-hybridized carbons (Fsp3) is 0.450. The first-order chi connectivity index (χ1) is 13.2. The van der Waals surface area contributed by atoms with Crippen molar-refractivity contribution in [2.24, 2.45) is 5.92 Å². The van der Waals surface area contributed by atoms with E-state index in [4.69, 9.17) is 0 Å². The Balaban J connectivity index is 1.34. The van der Waals surface area contributed by atoms with E-state index in [1.54, 1.807) is 21.8 Å². The van der Waals surface area contributed by atoms with Gasteiger partial charge in [-0.25, -0.2) is 9.48 Å². The molecule has 2 fully saturated rings. The highest BCUT2D eigenvalue weighted by Gasteiger charge is 2.31. The molecule has 0 spiro atoms. The Morgan fingerprint density at radius 3 is 2.33 bits per heavy atom. The van der Waals surface area contributed by atoms with Crippen molar-refractivity contribution in [2.45, 2.75) is 25.7 Å². The predicted molar refractivity (Wildman–Crippen MR) is 103 cm³/mol.